The van der Waals surface area contributed by atoms with Gasteiger partial charge in [-0.05, 0) is 36.8 Å². The second kappa shape index (κ2) is 4.17. The molecule has 3 aromatic rings. The summed E-state index contributed by atoms with van der Waals surface area (Å²) < 4.78 is 25.9. The monoisotopic (exact) mass is 273 g/mol. The Hall–Kier alpha value is -2.21. The Morgan fingerprint density at radius 3 is 2.53 bits per heavy atom. The lowest BCUT2D eigenvalue weighted by Gasteiger charge is -2.04. The Kier molecular flexibility index (Phi) is 2.60. The van der Waals surface area contributed by atoms with E-state index in [1.807, 2.05) is 13.0 Å². The molecule has 0 amide bonds. The second-order valence-corrected chi connectivity index (χ2v) is 6.01. The molecule has 0 N–H and O–H groups in total. The zero-order valence-electron chi connectivity index (χ0n) is 10.2. The molecule has 3 rings (SSSR count). The quantitative estimate of drug-likeness (QED) is 0.716. The third kappa shape index (κ3) is 1.90. The van der Waals surface area contributed by atoms with Gasteiger partial charge in [0.15, 0.2) is 0 Å². The van der Waals surface area contributed by atoms with E-state index in [-0.39, 0.29) is 4.90 Å². The van der Waals surface area contributed by atoms with Gasteiger partial charge in [0.2, 0.25) is 0 Å². The number of rotatable bonds is 2. The van der Waals surface area contributed by atoms with Gasteiger partial charge in [-0.1, -0.05) is 29.5 Å². The van der Waals surface area contributed by atoms with Crippen molar-refractivity contribution < 1.29 is 8.42 Å². The van der Waals surface area contributed by atoms with Gasteiger partial charge in [-0.15, -0.1) is 9.19 Å². The normalized spacial score (nSPS) is 11.8. The van der Waals surface area contributed by atoms with E-state index in [4.69, 9.17) is 0 Å². The van der Waals surface area contributed by atoms with Crippen LogP contribution < -0.4 is 0 Å². The molecular weight excluding hydrogens is 262 g/mol. The molecule has 5 nitrogen and oxygen atoms in total. The van der Waals surface area contributed by atoms with E-state index in [9.17, 15) is 8.42 Å². The Morgan fingerprint density at radius 1 is 1.05 bits per heavy atom. The molecule has 0 spiro atoms. The zero-order valence-corrected chi connectivity index (χ0v) is 11.0. The summed E-state index contributed by atoms with van der Waals surface area (Å²) in [5.41, 5.74) is 2.06. The Bertz CT molecular complexity index is 839. The lowest BCUT2D eigenvalue weighted by Crippen LogP contribution is -2.14. The van der Waals surface area contributed by atoms with Crippen molar-refractivity contribution in [3.8, 4) is 0 Å². The van der Waals surface area contributed by atoms with Gasteiger partial charge in [-0.3, -0.25) is 0 Å². The second-order valence-electron chi connectivity index (χ2n) is 4.24. The minimum atomic E-state index is -3.69. The molecular formula is C13H11N3O2S. The molecule has 0 saturated heterocycles. The third-order valence-electron chi connectivity index (χ3n) is 2.84. The highest BCUT2D eigenvalue weighted by Crippen LogP contribution is 2.19. The SMILES string of the molecule is Cc1ccc2c(c1)nnn2S(=O)(=O)c1ccccc1. The fourth-order valence-corrected chi connectivity index (χ4v) is 3.13. The van der Waals surface area contributed by atoms with Crippen LogP contribution >= 0.6 is 0 Å². The van der Waals surface area contributed by atoms with Gasteiger partial charge in [0.1, 0.15) is 11.0 Å². The van der Waals surface area contributed by atoms with E-state index < -0.39 is 10.0 Å². The molecule has 0 aliphatic heterocycles. The van der Waals surface area contributed by atoms with Crippen LogP contribution in [0.15, 0.2) is 53.4 Å². The first-order valence-electron chi connectivity index (χ1n) is 5.72. The Labute approximate surface area is 110 Å². The Balaban J connectivity index is 2.25. The standard InChI is InChI=1S/C13H11N3O2S/c1-10-7-8-13-12(9-10)14-15-16(13)19(17,18)11-5-3-2-4-6-11/h2-9H,1H3. The van der Waals surface area contributed by atoms with Crippen LogP contribution in [0.2, 0.25) is 0 Å². The van der Waals surface area contributed by atoms with Crippen molar-refractivity contribution in [2.24, 2.45) is 0 Å². The number of nitrogens with zero attached hydrogens (tertiary/aromatic N) is 3. The molecule has 0 radical (unpaired) electrons. The van der Waals surface area contributed by atoms with E-state index in [1.54, 1.807) is 30.3 Å². The minimum Gasteiger partial charge on any atom is -0.199 e. The van der Waals surface area contributed by atoms with E-state index in [1.165, 1.54) is 12.1 Å². The summed E-state index contributed by atoms with van der Waals surface area (Å²) in [4.78, 5) is 0.197. The van der Waals surface area contributed by atoms with Crippen molar-refractivity contribution in [3.63, 3.8) is 0 Å². The summed E-state index contributed by atoms with van der Waals surface area (Å²) in [6.07, 6.45) is 0. The predicted octanol–water partition coefficient (Wildman–Crippen LogP) is 1.98. The number of hydrogen-bond donors (Lipinski definition) is 0. The molecule has 0 aliphatic carbocycles. The zero-order chi connectivity index (χ0) is 13.5. The highest BCUT2D eigenvalue weighted by Gasteiger charge is 2.20. The fraction of sp³-hybridized carbons (Fsp3) is 0.0769. The van der Waals surface area contributed by atoms with Gasteiger partial charge in [0.05, 0.1) is 4.90 Å². The summed E-state index contributed by atoms with van der Waals surface area (Å²) in [5, 5.41) is 7.67. The van der Waals surface area contributed by atoms with Gasteiger partial charge < -0.3 is 0 Å². The molecule has 0 atom stereocenters. The van der Waals surface area contributed by atoms with Crippen molar-refractivity contribution in [1.29, 1.82) is 0 Å². The molecule has 6 heteroatoms. The van der Waals surface area contributed by atoms with Crippen molar-refractivity contribution in [3.05, 3.63) is 54.1 Å². The maximum absolute atomic E-state index is 12.5. The smallest absolute Gasteiger partial charge is 0.199 e. The number of hydrogen-bond acceptors (Lipinski definition) is 4. The molecule has 0 aliphatic rings. The minimum absolute atomic E-state index is 0.197. The molecule has 0 unspecified atom stereocenters. The predicted molar refractivity (Wildman–Crippen MR) is 71.3 cm³/mol. The van der Waals surface area contributed by atoms with Crippen LogP contribution in [0.3, 0.4) is 0 Å². The highest BCUT2D eigenvalue weighted by atomic mass is 32.2. The van der Waals surface area contributed by atoms with Crippen LogP contribution in [0.4, 0.5) is 0 Å². The van der Waals surface area contributed by atoms with Crippen molar-refractivity contribution in [2.45, 2.75) is 11.8 Å². The third-order valence-corrected chi connectivity index (χ3v) is 4.43. The molecule has 0 bridgehead atoms. The molecule has 1 heterocycles. The van der Waals surface area contributed by atoms with Crippen molar-refractivity contribution in [1.82, 2.24) is 14.4 Å². The first-order chi connectivity index (χ1) is 9.09. The lowest BCUT2D eigenvalue weighted by molar-refractivity contribution is 0.579. The topological polar surface area (TPSA) is 64.8 Å². The number of aromatic nitrogens is 3. The van der Waals surface area contributed by atoms with Crippen molar-refractivity contribution in [2.75, 3.05) is 0 Å². The summed E-state index contributed by atoms with van der Waals surface area (Å²) in [6, 6.07) is 13.6. The Morgan fingerprint density at radius 2 is 1.79 bits per heavy atom. The van der Waals surface area contributed by atoms with Gasteiger partial charge >= 0.3 is 0 Å². The largest absolute Gasteiger partial charge is 0.284 e. The molecule has 96 valence electrons. The first kappa shape index (κ1) is 11.9. The van der Waals surface area contributed by atoms with Crippen LogP contribution in [0.25, 0.3) is 11.0 Å². The van der Waals surface area contributed by atoms with E-state index >= 15 is 0 Å². The molecule has 1 aromatic heterocycles. The van der Waals surface area contributed by atoms with Crippen LogP contribution in [-0.2, 0) is 10.0 Å². The average molecular weight is 273 g/mol. The van der Waals surface area contributed by atoms with E-state index in [2.05, 4.69) is 10.3 Å². The first-order valence-corrected chi connectivity index (χ1v) is 7.16. The van der Waals surface area contributed by atoms with Crippen LogP contribution in [-0.4, -0.2) is 22.8 Å². The maximum Gasteiger partial charge on any atom is 0.284 e. The highest BCUT2D eigenvalue weighted by molar-refractivity contribution is 7.90. The van der Waals surface area contributed by atoms with Crippen LogP contribution in [0, 0.1) is 6.92 Å². The van der Waals surface area contributed by atoms with Crippen molar-refractivity contribution >= 4 is 21.1 Å². The van der Waals surface area contributed by atoms with E-state index in [0.717, 1.165) is 9.65 Å². The van der Waals surface area contributed by atoms with Gasteiger partial charge in [0.25, 0.3) is 10.0 Å². The molecule has 0 fully saturated rings. The number of aryl methyl sites for hydroxylation is 1. The summed E-state index contributed by atoms with van der Waals surface area (Å²) in [7, 11) is -3.69. The van der Waals surface area contributed by atoms with Gasteiger partial charge in [-0.25, -0.2) is 0 Å². The van der Waals surface area contributed by atoms with Gasteiger partial charge in [0, 0.05) is 0 Å². The molecule has 0 saturated carbocycles. The maximum atomic E-state index is 12.5. The van der Waals surface area contributed by atoms with E-state index in [0.29, 0.717) is 11.0 Å². The summed E-state index contributed by atoms with van der Waals surface area (Å²) in [5.74, 6) is 0. The molecule has 2 aromatic carbocycles. The summed E-state index contributed by atoms with van der Waals surface area (Å²) in [6.45, 7) is 1.92. The van der Waals surface area contributed by atoms with Gasteiger partial charge in [-0.2, -0.15) is 8.42 Å². The van der Waals surface area contributed by atoms with Crippen LogP contribution in [0.5, 0.6) is 0 Å². The number of fused-ring (bicyclic) bond motifs is 1. The summed E-state index contributed by atoms with van der Waals surface area (Å²) >= 11 is 0. The molecule has 19 heavy (non-hydrogen) atoms. The lowest BCUT2D eigenvalue weighted by atomic mass is 10.2. The number of benzene rings is 2. The fourth-order valence-electron chi connectivity index (χ4n) is 1.88. The van der Waals surface area contributed by atoms with Crippen LogP contribution in [0.1, 0.15) is 5.56 Å². The average Bonchev–Trinajstić information content (AvgIpc) is 2.83.